The second-order valence-corrected chi connectivity index (χ2v) is 11.2. The third-order valence-corrected chi connectivity index (χ3v) is 7.67. The van der Waals surface area contributed by atoms with Crippen LogP contribution in [-0.4, -0.2) is 74.8 Å². The van der Waals surface area contributed by atoms with Gasteiger partial charge in [0.05, 0.1) is 29.0 Å². The molecule has 3 atom stereocenters. The van der Waals surface area contributed by atoms with Gasteiger partial charge in [-0.3, -0.25) is 4.79 Å². The Morgan fingerprint density at radius 2 is 2.00 bits per heavy atom. The number of alkyl halides is 1. The van der Waals surface area contributed by atoms with Crippen LogP contribution < -0.4 is 14.9 Å². The van der Waals surface area contributed by atoms with Crippen LogP contribution in [0, 0.1) is 0 Å². The standard InChI is InChI=1S/C24H28Cl2FN7O2S.C2H6/c1-37(36)31-18-6-5-15(25)10-17(18)24(35)33-8-3-2-4-20(33)19-11-22-29-21(26)12-23(34(22)30-19)32-9-7-28-16(13-27)14-32;1-2/h5-6,10-12,16,20,28,31H,2-4,7-9,13-14H2,1H3;1-2H3. The fraction of sp³-hybridized carbons (Fsp3) is 0.500. The summed E-state index contributed by atoms with van der Waals surface area (Å²) < 4.78 is 29.8. The van der Waals surface area contributed by atoms with Gasteiger partial charge in [0.15, 0.2) is 5.65 Å². The fourth-order valence-corrected chi connectivity index (χ4v) is 5.89. The normalized spacial score (nSPS) is 20.4. The first kappa shape index (κ1) is 29.5. The van der Waals surface area contributed by atoms with E-state index in [4.69, 9.17) is 28.3 Å². The Hall–Kier alpha value is -2.47. The highest BCUT2D eigenvalue weighted by molar-refractivity contribution is 7.85. The van der Waals surface area contributed by atoms with Crippen LogP contribution in [0.15, 0.2) is 30.3 Å². The zero-order valence-corrected chi connectivity index (χ0v) is 24.6. The summed E-state index contributed by atoms with van der Waals surface area (Å²) in [7, 11) is -1.35. The molecule has 2 N–H and O–H groups in total. The first-order valence-electron chi connectivity index (χ1n) is 13.1. The van der Waals surface area contributed by atoms with Crippen LogP contribution in [0.3, 0.4) is 0 Å². The number of rotatable bonds is 6. The Morgan fingerprint density at radius 1 is 1.21 bits per heavy atom. The van der Waals surface area contributed by atoms with Crippen molar-refractivity contribution < 1.29 is 13.4 Å². The van der Waals surface area contributed by atoms with Crippen molar-refractivity contribution in [3.8, 4) is 0 Å². The van der Waals surface area contributed by atoms with Crippen LogP contribution in [-0.2, 0) is 11.0 Å². The summed E-state index contributed by atoms with van der Waals surface area (Å²) in [6.07, 6.45) is 4.05. The Kier molecular flexibility index (Phi) is 10.0. The number of nitrogens with one attached hydrogen (secondary N) is 2. The number of aromatic nitrogens is 3. The molecule has 0 aliphatic carbocycles. The number of nitrogens with zero attached hydrogens (tertiary/aromatic N) is 5. The topological polar surface area (TPSA) is 94.9 Å². The molecule has 0 bridgehead atoms. The van der Waals surface area contributed by atoms with E-state index in [0.717, 1.165) is 25.1 Å². The van der Waals surface area contributed by atoms with E-state index in [9.17, 15) is 13.4 Å². The molecule has 2 aromatic heterocycles. The lowest BCUT2D eigenvalue weighted by molar-refractivity contribution is 0.0607. The molecule has 2 aliphatic heterocycles. The monoisotopic (exact) mass is 597 g/mol. The van der Waals surface area contributed by atoms with E-state index < -0.39 is 17.7 Å². The number of hydrogen-bond donors (Lipinski definition) is 2. The van der Waals surface area contributed by atoms with E-state index >= 15 is 0 Å². The number of halogens is 3. The molecule has 0 radical (unpaired) electrons. The van der Waals surface area contributed by atoms with Crippen molar-refractivity contribution in [2.24, 2.45) is 0 Å². The Bertz CT molecular complexity index is 1340. The number of likely N-dealkylation sites (tertiary alicyclic amines) is 1. The molecule has 2 saturated heterocycles. The van der Waals surface area contributed by atoms with Gasteiger partial charge < -0.3 is 19.8 Å². The van der Waals surface area contributed by atoms with Gasteiger partial charge in [0.2, 0.25) is 0 Å². The molecule has 5 rings (SSSR count). The van der Waals surface area contributed by atoms with Gasteiger partial charge in [0, 0.05) is 49.6 Å². The summed E-state index contributed by atoms with van der Waals surface area (Å²) in [6, 6.07) is 7.97. The van der Waals surface area contributed by atoms with Crippen LogP contribution in [0.5, 0.6) is 0 Å². The number of carbonyl (C=O) groups excluding carboxylic acids is 1. The lowest BCUT2D eigenvalue weighted by atomic mass is 9.98. The summed E-state index contributed by atoms with van der Waals surface area (Å²) in [6.45, 7) is 5.90. The van der Waals surface area contributed by atoms with Crippen molar-refractivity contribution in [1.29, 1.82) is 0 Å². The highest BCUT2D eigenvalue weighted by Gasteiger charge is 2.33. The first-order valence-corrected chi connectivity index (χ1v) is 15.5. The SMILES string of the molecule is CC.CS(=O)Nc1ccc(Cl)cc1C(=O)N1CCCCC1c1cc2nc(Cl)cc(N3CCNC(CF)C3)n2n1. The molecule has 13 heteroatoms. The lowest BCUT2D eigenvalue weighted by Gasteiger charge is -2.35. The van der Waals surface area contributed by atoms with E-state index in [1.165, 1.54) is 6.26 Å². The van der Waals surface area contributed by atoms with Crippen LogP contribution in [0.1, 0.15) is 55.2 Å². The summed E-state index contributed by atoms with van der Waals surface area (Å²) >= 11 is 12.6. The summed E-state index contributed by atoms with van der Waals surface area (Å²) in [5.41, 5.74) is 2.10. The Balaban J connectivity index is 0.00000172. The number of benzene rings is 1. The summed E-state index contributed by atoms with van der Waals surface area (Å²) in [4.78, 5) is 22.1. The van der Waals surface area contributed by atoms with Gasteiger partial charge in [-0.15, -0.1) is 0 Å². The van der Waals surface area contributed by atoms with Gasteiger partial charge in [-0.1, -0.05) is 37.0 Å². The molecular formula is C26H34Cl2FN7O2S. The van der Waals surface area contributed by atoms with Crippen molar-refractivity contribution in [1.82, 2.24) is 24.8 Å². The van der Waals surface area contributed by atoms with Gasteiger partial charge in [0.1, 0.15) is 28.6 Å². The predicted molar refractivity (Wildman–Crippen MR) is 156 cm³/mol. The third kappa shape index (κ3) is 6.65. The molecule has 0 saturated carbocycles. The second-order valence-electron chi connectivity index (χ2n) is 9.28. The van der Waals surface area contributed by atoms with E-state index in [1.807, 2.05) is 19.9 Å². The largest absolute Gasteiger partial charge is 0.353 e. The molecule has 1 amide bonds. The first-order chi connectivity index (χ1) is 18.8. The minimum atomic E-state index is -1.35. The average molecular weight is 599 g/mol. The summed E-state index contributed by atoms with van der Waals surface area (Å²) in [5.74, 6) is 0.526. The van der Waals surface area contributed by atoms with Crippen molar-refractivity contribution >= 4 is 57.2 Å². The molecule has 1 aromatic carbocycles. The highest BCUT2D eigenvalue weighted by atomic mass is 35.5. The van der Waals surface area contributed by atoms with E-state index in [2.05, 4.69) is 19.9 Å². The third-order valence-electron chi connectivity index (χ3n) is 6.73. The predicted octanol–water partition coefficient (Wildman–Crippen LogP) is 4.88. The van der Waals surface area contributed by atoms with Crippen LogP contribution in [0.25, 0.3) is 5.65 Å². The molecule has 3 unspecified atom stereocenters. The minimum Gasteiger partial charge on any atom is -0.353 e. The van der Waals surface area contributed by atoms with Crippen LogP contribution in [0.2, 0.25) is 10.2 Å². The number of amides is 1. The Labute approximate surface area is 240 Å². The molecule has 39 heavy (non-hydrogen) atoms. The molecule has 2 fully saturated rings. The van der Waals surface area contributed by atoms with Crippen molar-refractivity contribution in [2.45, 2.75) is 45.2 Å². The van der Waals surface area contributed by atoms with Gasteiger partial charge >= 0.3 is 0 Å². The average Bonchev–Trinajstić information content (AvgIpc) is 3.38. The van der Waals surface area contributed by atoms with Crippen LogP contribution in [0.4, 0.5) is 15.9 Å². The van der Waals surface area contributed by atoms with Crippen molar-refractivity contribution in [2.75, 3.05) is 48.7 Å². The van der Waals surface area contributed by atoms with Gasteiger partial charge in [-0.05, 0) is 37.5 Å². The molecular weight excluding hydrogens is 564 g/mol. The zero-order chi connectivity index (χ0) is 28.1. The maximum Gasteiger partial charge on any atom is 0.256 e. The van der Waals surface area contributed by atoms with E-state index in [0.29, 0.717) is 58.9 Å². The Morgan fingerprint density at radius 3 is 2.74 bits per heavy atom. The van der Waals surface area contributed by atoms with Crippen molar-refractivity contribution in [3.05, 3.63) is 51.8 Å². The summed E-state index contributed by atoms with van der Waals surface area (Å²) in [5, 5.41) is 8.78. The van der Waals surface area contributed by atoms with Gasteiger partial charge in [-0.25, -0.2) is 13.6 Å². The molecule has 3 aromatic rings. The van der Waals surface area contributed by atoms with Gasteiger partial charge in [-0.2, -0.15) is 9.61 Å². The maximum absolute atomic E-state index is 13.8. The number of piperidine rings is 1. The lowest BCUT2D eigenvalue weighted by Crippen LogP contribution is -2.52. The van der Waals surface area contributed by atoms with Crippen LogP contribution >= 0.6 is 23.2 Å². The van der Waals surface area contributed by atoms with Gasteiger partial charge in [0.25, 0.3) is 5.91 Å². The number of fused-ring (bicyclic) bond motifs is 1. The zero-order valence-electron chi connectivity index (χ0n) is 22.3. The highest BCUT2D eigenvalue weighted by Crippen LogP contribution is 2.35. The molecule has 4 heterocycles. The maximum atomic E-state index is 13.8. The molecule has 0 spiro atoms. The van der Waals surface area contributed by atoms with E-state index in [1.54, 1.807) is 33.7 Å². The minimum absolute atomic E-state index is 0.212. The van der Waals surface area contributed by atoms with Crippen molar-refractivity contribution in [3.63, 3.8) is 0 Å². The molecule has 9 nitrogen and oxygen atoms in total. The number of carbonyl (C=O) groups is 1. The second kappa shape index (κ2) is 13.3. The fourth-order valence-electron chi connectivity index (χ4n) is 5.05. The molecule has 212 valence electrons. The number of hydrogen-bond acceptors (Lipinski definition) is 6. The smallest absolute Gasteiger partial charge is 0.256 e. The number of piperazine rings is 1. The number of anilines is 2. The quantitative estimate of drug-likeness (QED) is 0.393. The molecule has 2 aliphatic rings. The van der Waals surface area contributed by atoms with E-state index in [-0.39, 0.29) is 18.0 Å².